The molecule has 0 bridgehead atoms. The fourth-order valence-corrected chi connectivity index (χ4v) is 0.983. The van der Waals surface area contributed by atoms with E-state index in [1.807, 2.05) is 13.0 Å². The number of aromatic nitrogens is 2. The maximum atomic E-state index is 8.94. The van der Waals surface area contributed by atoms with Crippen molar-refractivity contribution in [3.8, 4) is 6.07 Å². The van der Waals surface area contributed by atoms with Crippen LogP contribution in [0.2, 0.25) is 0 Å². The number of nitriles is 1. The van der Waals surface area contributed by atoms with Crippen LogP contribution in [0.25, 0.3) is 0 Å². The predicted molar refractivity (Wildman–Crippen MR) is 51.5 cm³/mol. The second-order valence-corrected chi connectivity index (χ2v) is 2.83. The summed E-state index contributed by atoms with van der Waals surface area (Å²) in [7, 11) is 0. The summed E-state index contributed by atoms with van der Waals surface area (Å²) in [4.78, 5) is 7.68. The molecule has 1 aromatic rings. The van der Waals surface area contributed by atoms with Crippen LogP contribution in [0.5, 0.6) is 0 Å². The van der Waals surface area contributed by atoms with Crippen LogP contribution in [-0.4, -0.2) is 27.7 Å². The number of rotatable bonds is 4. The number of aliphatic hydroxyl groups is 1. The summed E-state index contributed by atoms with van der Waals surface area (Å²) < 4.78 is 0. The first-order valence-electron chi connectivity index (χ1n) is 4.39. The monoisotopic (exact) mass is 192 g/mol. The summed E-state index contributed by atoms with van der Waals surface area (Å²) in [5.41, 5.74) is 0.315. The Bertz CT molecular complexity index is 330. The molecule has 5 nitrogen and oxygen atoms in total. The van der Waals surface area contributed by atoms with Crippen molar-refractivity contribution in [3.05, 3.63) is 18.1 Å². The highest BCUT2D eigenvalue weighted by atomic mass is 16.3. The summed E-state index contributed by atoms with van der Waals surface area (Å²) >= 11 is 0. The zero-order valence-electron chi connectivity index (χ0n) is 7.94. The van der Waals surface area contributed by atoms with Gasteiger partial charge in [-0.25, -0.2) is 9.97 Å². The standard InChI is InChI=1S/C9H12N4O/c1-2-7(5-14)13-9-3-8(4-10)11-6-12-9/h3,6-7,14H,2,5H2,1H3,(H,11,12,13)/t7-/m0/s1. The summed E-state index contributed by atoms with van der Waals surface area (Å²) in [5.74, 6) is 0.567. The molecule has 1 heterocycles. The van der Waals surface area contributed by atoms with Gasteiger partial charge < -0.3 is 10.4 Å². The topological polar surface area (TPSA) is 81.8 Å². The van der Waals surface area contributed by atoms with Crippen LogP contribution in [0.3, 0.4) is 0 Å². The highest BCUT2D eigenvalue weighted by Gasteiger charge is 2.05. The molecule has 0 amide bonds. The van der Waals surface area contributed by atoms with E-state index in [4.69, 9.17) is 10.4 Å². The van der Waals surface area contributed by atoms with Gasteiger partial charge in [0.05, 0.1) is 12.6 Å². The maximum absolute atomic E-state index is 8.94. The molecule has 0 saturated heterocycles. The lowest BCUT2D eigenvalue weighted by atomic mass is 10.2. The number of hydrogen-bond acceptors (Lipinski definition) is 5. The third-order valence-electron chi connectivity index (χ3n) is 1.85. The van der Waals surface area contributed by atoms with Gasteiger partial charge >= 0.3 is 0 Å². The average molecular weight is 192 g/mol. The smallest absolute Gasteiger partial charge is 0.145 e. The molecule has 0 aliphatic heterocycles. The van der Waals surface area contributed by atoms with Crippen molar-refractivity contribution in [1.29, 1.82) is 5.26 Å². The van der Waals surface area contributed by atoms with Crippen molar-refractivity contribution < 1.29 is 5.11 Å². The van der Waals surface area contributed by atoms with Crippen LogP contribution in [0.4, 0.5) is 5.82 Å². The second kappa shape index (κ2) is 5.14. The van der Waals surface area contributed by atoms with Gasteiger partial charge in [-0.15, -0.1) is 0 Å². The normalized spacial score (nSPS) is 11.8. The van der Waals surface area contributed by atoms with Gasteiger partial charge in [0.1, 0.15) is 23.9 Å². The molecule has 0 fully saturated rings. The van der Waals surface area contributed by atoms with E-state index in [-0.39, 0.29) is 12.6 Å². The molecule has 0 aliphatic carbocycles. The van der Waals surface area contributed by atoms with Crippen LogP contribution < -0.4 is 5.32 Å². The third-order valence-corrected chi connectivity index (χ3v) is 1.85. The van der Waals surface area contributed by atoms with Gasteiger partial charge in [-0.3, -0.25) is 0 Å². The van der Waals surface area contributed by atoms with E-state index in [1.54, 1.807) is 6.07 Å². The van der Waals surface area contributed by atoms with E-state index < -0.39 is 0 Å². The van der Waals surface area contributed by atoms with Gasteiger partial charge in [-0.2, -0.15) is 5.26 Å². The van der Waals surface area contributed by atoms with E-state index in [9.17, 15) is 0 Å². The van der Waals surface area contributed by atoms with Crippen LogP contribution in [-0.2, 0) is 0 Å². The fourth-order valence-electron chi connectivity index (χ4n) is 0.983. The lowest BCUT2D eigenvalue weighted by Gasteiger charge is -2.13. The predicted octanol–water partition coefficient (Wildman–Crippen LogP) is 0.531. The molecule has 0 spiro atoms. The Balaban J connectivity index is 2.72. The van der Waals surface area contributed by atoms with Crippen molar-refractivity contribution in [2.75, 3.05) is 11.9 Å². The Morgan fingerprint density at radius 2 is 2.43 bits per heavy atom. The van der Waals surface area contributed by atoms with Crippen molar-refractivity contribution in [2.45, 2.75) is 19.4 Å². The van der Waals surface area contributed by atoms with Crippen molar-refractivity contribution in [3.63, 3.8) is 0 Å². The maximum Gasteiger partial charge on any atom is 0.145 e. The first kappa shape index (κ1) is 10.4. The Hall–Kier alpha value is -1.67. The highest BCUT2D eigenvalue weighted by molar-refractivity contribution is 5.39. The minimum atomic E-state index is -0.0311. The molecule has 5 heteroatoms. The van der Waals surface area contributed by atoms with Gasteiger partial charge in [-0.1, -0.05) is 6.92 Å². The average Bonchev–Trinajstić information content (AvgIpc) is 2.26. The third kappa shape index (κ3) is 2.68. The van der Waals surface area contributed by atoms with Crippen molar-refractivity contribution in [2.24, 2.45) is 0 Å². The molecule has 1 atom stereocenters. The Labute approximate surface area is 82.4 Å². The quantitative estimate of drug-likeness (QED) is 0.727. The van der Waals surface area contributed by atoms with Gasteiger partial charge in [0, 0.05) is 6.07 Å². The summed E-state index contributed by atoms with van der Waals surface area (Å²) in [6, 6.07) is 3.45. The first-order chi connectivity index (χ1) is 6.80. The van der Waals surface area contributed by atoms with E-state index >= 15 is 0 Å². The molecule has 0 aliphatic rings. The van der Waals surface area contributed by atoms with E-state index in [0.29, 0.717) is 11.5 Å². The highest BCUT2D eigenvalue weighted by Crippen LogP contribution is 2.06. The largest absolute Gasteiger partial charge is 0.394 e. The minimum Gasteiger partial charge on any atom is -0.394 e. The molecule has 0 aromatic carbocycles. The number of nitrogens with zero attached hydrogens (tertiary/aromatic N) is 3. The Morgan fingerprint density at radius 1 is 1.64 bits per heavy atom. The Morgan fingerprint density at radius 3 is 3.00 bits per heavy atom. The number of nitrogens with one attached hydrogen (secondary N) is 1. The molecule has 14 heavy (non-hydrogen) atoms. The van der Waals surface area contributed by atoms with Crippen LogP contribution >= 0.6 is 0 Å². The second-order valence-electron chi connectivity index (χ2n) is 2.83. The van der Waals surface area contributed by atoms with Gasteiger partial charge in [0.2, 0.25) is 0 Å². The van der Waals surface area contributed by atoms with Gasteiger partial charge in [0.25, 0.3) is 0 Å². The zero-order valence-corrected chi connectivity index (χ0v) is 7.94. The van der Waals surface area contributed by atoms with E-state index in [0.717, 1.165) is 6.42 Å². The molecule has 1 rings (SSSR count). The molecule has 2 N–H and O–H groups in total. The number of aliphatic hydroxyl groups excluding tert-OH is 1. The molecule has 0 radical (unpaired) electrons. The van der Waals surface area contributed by atoms with Gasteiger partial charge in [0.15, 0.2) is 0 Å². The SMILES string of the molecule is CC[C@@H](CO)Nc1cc(C#N)ncn1. The first-order valence-corrected chi connectivity index (χ1v) is 4.39. The van der Waals surface area contributed by atoms with E-state index in [1.165, 1.54) is 6.33 Å². The molecule has 74 valence electrons. The lowest BCUT2D eigenvalue weighted by molar-refractivity contribution is 0.271. The minimum absolute atomic E-state index is 0.0311. The van der Waals surface area contributed by atoms with E-state index in [2.05, 4.69) is 15.3 Å². The zero-order chi connectivity index (χ0) is 10.4. The molecule has 0 unspecified atom stereocenters. The van der Waals surface area contributed by atoms with Crippen LogP contribution in [0.15, 0.2) is 12.4 Å². The lowest BCUT2D eigenvalue weighted by Crippen LogP contribution is -2.23. The molecular weight excluding hydrogens is 180 g/mol. The van der Waals surface area contributed by atoms with Crippen LogP contribution in [0, 0.1) is 11.3 Å². The summed E-state index contributed by atoms with van der Waals surface area (Å²) in [6.07, 6.45) is 2.12. The summed E-state index contributed by atoms with van der Waals surface area (Å²) in [6.45, 7) is 2.00. The molecule has 1 aromatic heterocycles. The number of hydrogen-bond donors (Lipinski definition) is 2. The molecular formula is C9H12N4O. The van der Waals surface area contributed by atoms with Crippen LogP contribution in [0.1, 0.15) is 19.0 Å². The fraction of sp³-hybridized carbons (Fsp3) is 0.444. The number of anilines is 1. The van der Waals surface area contributed by atoms with Gasteiger partial charge in [-0.05, 0) is 6.42 Å². The Kier molecular flexibility index (Phi) is 3.83. The van der Waals surface area contributed by atoms with Crippen molar-refractivity contribution >= 4 is 5.82 Å². The van der Waals surface area contributed by atoms with Crippen molar-refractivity contribution in [1.82, 2.24) is 9.97 Å². The molecule has 0 saturated carbocycles. The summed E-state index contributed by atoms with van der Waals surface area (Å²) in [5, 5.41) is 20.5.